The van der Waals surface area contributed by atoms with Crippen LogP contribution >= 0.6 is 0 Å². The van der Waals surface area contributed by atoms with Crippen molar-refractivity contribution in [2.75, 3.05) is 38.7 Å². The summed E-state index contributed by atoms with van der Waals surface area (Å²) in [5, 5.41) is 0.595. The zero-order valence-corrected chi connectivity index (χ0v) is 17.1. The van der Waals surface area contributed by atoms with Crippen LogP contribution in [0.1, 0.15) is 49.7 Å². The van der Waals surface area contributed by atoms with Crippen LogP contribution in [0, 0.1) is 0 Å². The van der Waals surface area contributed by atoms with Gasteiger partial charge in [-0.25, -0.2) is 4.79 Å². The number of fused-ring (bicyclic) bond motifs is 1. The quantitative estimate of drug-likeness (QED) is 0.683. The Bertz CT molecular complexity index is 836. The topological polar surface area (TPSA) is 65.6 Å². The van der Waals surface area contributed by atoms with Crippen molar-refractivity contribution in [3.05, 3.63) is 39.7 Å². The van der Waals surface area contributed by atoms with Gasteiger partial charge in [-0.15, -0.1) is 0 Å². The van der Waals surface area contributed by atoms with Gasteiger partial charge in [0, 0.05) is 37.3 Å². The third-order valence-corrected chi connectivity index (χ3v) is 4.54. The number of carbonyl (C=O) groups is 1. The second-order valence-electron chi connectivity index (χ2n) is 6.93. The third-order valence-electron chi connectivity index (χ3n) is 4.54. The van der Waals surface area contributed by atoms with Crippen LogP contribution in [0.4, 0.5) is 5.69 Å². The van der Waals surface area contributed by atoms with E-state index in [1.807, 2.05) is 37.2 Å². The number of aromatic nitrogens is 1. The van der Waals surface area contributed by atoms with Crippen molar-refractivity contribution >= 4 is 22.6 Å². The molecule has 1 N–H and O–H groups in total. The van der Waals surface area contributed by atoms with Gasteiger partial charge in [0.15, 0.2) is 5.43 Å². The molecule has 27 heavy (non-hydrogen) atoms. The number of hydrogen-bond acceptors (Lipinski definition) is 5. The number of nitrogens with one attached hydrogen (secondary N) is 1. The van der Waals surface area contributed by atoms with Gasteiger partial charge in [0.25, 0.3) is 0 Å². The van der Waals surface area contributed by atoms with E-state index in [-0.39, 0.29) is 17.7 Å². The molecular weight excluding hydrogens is 342 g/mol. The first-order valence-electron chi connectivity index (χ1n) is 9.68. The summed E-state index contributed by atoms with van der Waals surface area (Å²) < 4.78 is 5.20. The molecule has 0 unspecified atom stereocenters. The number of aromatic amines is 1. The van der Waals surface area contributed by atoms with Gasteiger partial charge in [-0.05, 0) is 51.1 Å². The van der Waals surface area contributed by atoms with Crippen LogP contribution in [-0.4, -0.2) is 49.6 Å². The van der Waals surface area contributed by atoms with Crippen molar-refractivity contribution in [2.45, 2.75) is 40.2 Å². The molecule has 0 fully saturated rings. The minimum atomic E-state index is -0.476. The van der Waals surface area contributed by atoms with E-state index in [9.17, 15) is 9.59 Å². The summed E-state index contributed by atoms with van der Waals surface area (Å²) >= 11 is 0. The number of benzene rings is 1. The zero-order chi connectivity index (χ0) is 20.0. The lowest BCUT2D eigenvalue weighted by Crippen LogP contribution is -2.30. The summed E-state index contributed by atoms with van der Waals surface area (Å²) in [5.41, 5.74) is 2.24. The molecule has 6 nitrogen and oxygen atoms in total. The molecule has 0 radical (unpaired) electrons. The van der Waals surface area contributed by atoms with Crippen LogP contribution in [-0.2, 0) is 11.3 Å². The van der Waals surface area contributed by atoms with E-state index < -0.39 is 5.97 Å². The Morgan fingerprint density at radius 2 is 1.78 bits per heavy atom. The van der Waals surface area contributed by atoms with E-state index in [1.54, 1.807) is 6.92 Å². The second kappa shape index (κ2) is 9.55. The van der Waals surface area contributed by atoms with Gasteiger partial charge in [0.2, 0.25) is 0 Å². The molecule has 0 atom stereocenters. The monoisotopic (exact) mass is 373 g/mol. The zero-order valence-electron chi connectivity index (χ0n) is 17.1. The highest BCUT2D eigenvalue weighted by molar-refractivity contribution is 5.93. The average Bonchev–Trinajstić information content (AvgIpc) is 2.64. The van der Waals surface area contributed by atoms with Crippen molar-refractivity contribution in [1.29, 1.82) is 0 Å². The van der Waals surface area contributed by atoms with Gasteiger partial charge in [-0.3, -0.25) is 9.69 Å². The minimum absolute atomic E-state index is 0.104. The molecule has 0 aliphatic heterocycles. The largest absolute Gasteiger partial charge is 0.461 e. The first-order valence-corrected chi connectivity index (χ1v) is 9.68. The highest BCUT2D eigenvalue weighted by Crippen LogP contribution is 2.20. The Kier molecular flexibility index (Phi) is 7.42. The Labute approximate surface area is 161 Å². The van der Waals surface area contributed by atoms with E-state index in [0.29, 0.717) is 23.0 Å². The first kappa shape index (κ1) is 21.0. The number of esters is 1. The molecule has 148 valence electrons. The van der Waals surface area contributed by atoms with Gasteiger partial charge < -0.3 is 14.6 Å². The number of carbonyl (C=O) groups excluding carboxylic acids is 1. The van der Waals surface area contributed by atoms with Gasteiger partial charge in [-0.2, -0.15) is 0 Å². The van der Waals surface area contributed by atoms with E-state index in [0.717, 1.165) is 31.6 Å². The maximum absolute atomic E-state index is 13.3. The van der Waals surface area contributed by atoms with Crippen LogP contribution in [0.5, 0.6) is 0 Å². The smallest absolute Gasteiger partial charge is 0.355 e. The molecule has 0 bridgehead atoms. The van der Waals surface area contributed by atoms with Gasteiger partial charge in [0.05, 0.1) is 12.1 Å². The lowest BCUT2D eigenvalue weighted by molar-refractivity contribution is 0.0517. The Balaban J connectivity index is 2.64. The number of hydrogen-bond donors (Lipinski definition) is 1. The Hall–Kier alpha value is -2.34. The second-order valence-corrected chi connectivity index (χ2v) is 6.93. The predicted molar refractivity (Wildman–Crippen MR) is 111 cm³/mol. The molecule has 1 heterocycles. The fraction of sp³-hybridized carbons (Fsp3) is 0.524. The molecule has 0 spiro atoms. The molecule has 6 heteroatoms. The highest BCUT2D eigenvalue weighted by Gasteiger charge is 2.21. The molecule has 0 amide bonds. The van der Waals surface area contributed by atoms with Gasteiger partial charge in [-0.1, -0.05) is 13.8 Å². The highest BCUT2D eigenvalue weighted by atomic mass is 16.5. The summed E-state index contributed by atoms with van der Waals surface area (Å²) in [7, 11) is 3.88. The maximum Gasteiger partial charge on any atom is 0.355 e. The van der Waals surface area contributed by atoms with E-state index in [1.165, 1.54) is 0 Å². The van der Waals surface area contributed by atoms with Crippen LogP contribution < -0.4 is 10.3 Å². The minimum Gasteiger partial charge on any atom is -0.461 e. The number of pyridine rings is 1. The molecular formula is C21H31N3O3. The number of rotatable bonds is 9. The van der Waals surface area contributed by atoms with Crippen LogP contribution in [0.3, 0.4) is 0 Å². The van der Waals surface area contributed by atoms with E-state index in [4.69, 9.17) is 4.74 Å². The average molecular weight is 373 g/mol. The van der Waals surface area contributed by atoms with Crippen molar-refractivity contribution in [3.8, 4) is 0 Å². The fourth-order valence-corrected chi connectivity index (χ4v) is 3.25. The first-order chi connectivity index (χ1) is 12.9. The lowest BCUT2D eigenvalue weighted by Gasteiger charge is -2.22. The van der Waals surface area contributed by atoms with Crippen molar-refractivity contribution in [1.82, 2.24) is 9.88 Å². The standard InChI is InChI=1S/C21H31N3O3/c1-6-11-24(12-7-2)14-17-19(21(26)27-8-3)22-18-10-9-15(23(4)5)13-16(18)20(17)25/h9-10,13H,6-8,11-12,14H2,1-5H3,(H,22,25). The molecule has 2 rings (SSSR count). The normalized spacial score (nSPS) is 11.2. The maximum atomic E-state index is 13.3. The summed E-state index contributed by atoms with van der Waals surface area (Å²) in [6.45, 7) is 8.46. The van der Waals surface area contributed by atoms with Crippen molar-refractivity contribution < 1.29 is 9.53 Å². The molecule has 0 saturated carbocycles. The van der Waals surface area contributed by atoms with Crippen LogP contribution in [0.25, 0.3) is 10.9 Å². The SMILES string of the molecule is CCCN(CCC)Cc1c(C(=O)OCC)[nH]c2ccc(N(C)C)cc2c1=O. The summed E-state index contributed by atoms with van der Waals surface area (Å²) in [6, 6.07) is 5.64. The fourth-order valence-electron chi connectivity index (χ4n) is 3.25. The van der Waals surface area contributed by atoms with Crippen molar-refractivity contribution in [2.24, 2.45) is 0 Å². The molecule has 0 saturated heterocycles. The van der Waals surface area contributed by atoms with Crippen LogP contribution in [0.2, 0.25) is 0 Å². The van der Waals surface area contributed by atoms with Crippen LogP contribution in [0.15, 0.2) is 23.0 Å². The van der Waals surface area contributed by atoms with Gasteiger partial charge in [0.1, 0.15) is 5.69 Å². The van der Waals surface area contributed by atoms with E-state index in [2.05, 4.69) is 23.7 Å². The number of ether oxygens (including phenoxy) is 1. The number of nitrogens with zero attached hydrogens (tertiary/aromatic N) is 2. The molecule has 2 aromatic rings. The third kappa shape index (κ3) is 4.89. The summed E-state index contributed by atoms with van der Waals surface area (Å²) in [5.74, 6) is -0.476. The molecule has 0 aliphatic rings. The van der Waals surface area contributed by atoms with E-state index >= 15 is 0 Å². The molecule has 0 aliphatic carbocycles. The summed E-state index contributed by atoms with van der Waals surface area (Å²) in [4.78, 5) is 33.1. The van der Waals surface area contributed by atoms with Gasteiger partial charge >= 0.3 is 5.97 Å². The number of anilines is 1. The predicted octanol–water partition coefficient (Wildman–Crippen LogP) is 3.39. The Morgan fingerprint density at radius 1 is 1.11 bits per heavy atom. The van der Waals surface area contributed by atoms with Crippen molar-refractivity contribution in [3.63, 3.8) is 0 Å². The number of H-pyrrole nitrogens is 1. The lowest BCUT2D eigenvalue weighted by atomic mass is 10.1. The molecule has 1 aromatic carbocycles. The summed E-state index contributed by atoms with van der Waals surface area (Å²) in [6.07, 6.45) is 1.98. The Morgan fingerprint density at radius 3 is 2.33 bits per heavy atom. The molecule has 1 aromatic heterocycles.